The van der Waals surface area contributed by atoms with Crippen molar-refractivity contribution >= 4 is 12.4 Å². The van der Waals surface area contributed by atoms with E-state index < -0.39 is 0 Å². The third-order valence-electron chi connectivity index (χ3n) is 2.00. The van der Waals surface area contributed by atoms with E-state index in [0.717, 1.165) is 0 Å². The minimum atomic E-state index is 0. The van der Waals surface area contributed by atoms with Crippen molar-refractivity contribution in [3.05, 3.63) is 109 Å². The van der Waals surface area contributed by atoms with Crippen LogP contribution in [-0.2, 0) is 0 Å². The Hall–Kier alpha value is 1.95. The van der Waals surface area contributed by atoms with E-state index in [2.05, 4.69) is 0 Å². The van der Waals surface area contributed by atoms with Crippen LogP contribution in [0.25, 0.3) is 0 Å². The molecule has 23 heavy (non-hydrogen) atoms. The monoisotopic (exact) mass is 366 g/mol. The van der Waals surface area contributed by atoms with E-state index >= 15 is 0 Å². The number of rotatable bonds is 0. The fraction of sp³-hybridized carbons (Fsp3) is 0. The van der Waals surface area contributed by atoms with Crippen molar-refractivity contribution in [3.63, 3.8) is 0 Å². The Morgan fingerprint density at radius 1 is 0.217 bits per heavy atom. The summed E-state index contributed by atoms with van der Waals surface area (Å²) >= 11 is 0. The predicted octanol–water partition coefficient (Wildman–Crippen LogP) is -6.05. The summed E-state index contributed by atoms with van der Waals surface area (Å²) in [7, 11) is 0. The molecule has 0 aliphatic carbocycles. The maximum absolute atomic E-state index is 2.00. The molecule has 3 aromatic carbocycles. The molecule has 0 unspecified atom stereocenters. The van der Waals surface area contributed by atoms with Gasteiger partial charge in [-0.3, -0.25) is 0 Å². The predicted molar refractivity (Wildman–Crippen MR) is 91.0 cm³/mol. The Morgan fingerprint density at radius 2 is 0.261 bits per heavy atom. The van der Waals surface area contributed by atoms with Gasteiger partial charge in [-0.25, -0.2) is 0 Å². The van der Waals surface area contributed by atoms with Crippen molar-refractivity contribution in [2.24, 2.45) is 0 Å². The van der Waals surface area contributed by atoms with E-state index in [1.54, 1.807) is 0 Å². The molecule has 0 spiro atoms. The fourth-order valence-electron chi connectivity index (χ4n) is 1.15. The first-order valence-electron chi connectivity index (χ1n) is 6.00. The summed E-state index contributed by atoms with van der Waals surface area (Å²) in [6, 6.07) is 36.0. The van der Waals surface area contributed by atoms with Gasteiger partial charge in [0.15, 0.2) is 0 Å². The van der Waals surface area contributed by atoms with E-state index in [0.29, 0.717) is 0 Å². The van der Waals surface area contributed by atoms with E-state index in [-0.39, 0.29) is 136 Å². The van der Waals surface area contributed by atoms with Gasteiger partial charge in [-0.1, -0.05) is 109 Å². The van der Waals surface area contributed by atoms with Crippen molar-refractivity contribution < 1.29 is 124 Å². The van der Waals surface area contributed by atoms with E-state index in [4.69, 9.17) is 0 Å². The average Bonchev–Trinajstić information content (AvgIpc) is 2.54. The number of halogens is 1. The Labute approximate surface area is 241 Å². The molecule has 0 N–H and O–H groups in total. The molecule has 3 rings (SSSR count). The zero-order valence-electron chi connectivity index (χ0n) is 18.8. The summed E-state index contributed by atoms with van der Waals surface area (Å²) in [5, 5.41) is 0. The van der Waals surface area contributed by atoms with E-state index in [9.17, 15) is 0 Å². The minimum absolute atomic E-state index is 0. The third-order valence-corrected chi connectivity index (χ3v) is 2.00. The standard InChI is InChI=1S/3C6H6.ClH.4Na.4H/c3*1-2-4-6-5-3-1;;;;;;;;;/h3*1-6H;1H;;;;;;;;/q;;;;4*+1;4*-1. The van der Waals surface area contributed by atoms with Crippen molar-refractivity contribution in [3.8, 4) is 0 Å². The van der Waals surface area contributed by atoms with Gasteiger partial charge >= 0.3 is 118 Å². The molecule has 0 saturated heterocycles. The van der Waals surface area contributed by atoms with Crippen molar-refractivity contribution in [2.75, 3.05) is 0 Å². The summed E-state index contributed by atoms with van der Waals surface area (Å²) in [4.78, 5) is 0. The summed E-state index contributed by atoms with van der Waals surface area (Å²) in [5.74, 6) is 0. The van der Waals surface area contributed by atoms with Crippen LogP contribution < -0.4 is 118 Å². The molecule has 106 valence electrons. The van der Waals surface area contributed by atoms with Crippen molar-refractivity contribution in [1.82, 2.24) is 0 Å². The molecule has 0 heterocycles. The Bertz CT molecular complexity index is 328. The SMILES string of the molecule is Cl.[H-].[H-].[H-].[H-].[Na+].[Na+].[Na+].[Na+].c1ccccc1.c1ccccc1.c1ccccc1. The van der Waals surface area contributed by atoms with Crippen LogP contribution in [0.5, 0.6) is 0 Å². The van der Waals surface area contributed by atoms with Crippen LogP contribution >= 0.6 is 12.4 Å². The number of benzene rings is 3. The van der Waals surface area contributed by atoms with Crippen LogP contribution in [0.2, 0.25) is 0 Å². The van der Waals surface area contributed by atoms with Crippen LogP contribution in [0.1, 0.15) is 5.71 Å². The molecule has 0 atom stereocenters. The molecule has 0 radical (unpaired) electrons. The molecule has 0 nitrogen and oxygen atoms in total. The second kappa shape index (κ2) is 31.7. The van der Waals surface area contributed by atoms with Crippen LogP contribution in [-0.4, -0.2) is 0 Å². The topological polar surface area (TPSA) is 0 Å². The molecule has 0 aliphatic rings. The quantitative estimate of drug-likeness (QED) is 0.348. The molecule has 0 aromatic heterocycles. The first-order chi connectivity index (χ1) is 9.00. The molecule has 0 amide bonds. The smallest absolute Gasteiger partial charge is 1.00 e. The Morgan fingerprint density at radius 3 is 0.304 bits per heavy atom. The molecule has 5 heteroatoms. The largest absolute Gasteiger partial charge is 1.00 e. The maximum Gasteiger partial charge on any atom is 1.00 e. The summed E-state index contributed by atoms with van der Waals surface area (Å²) in [5.41, 5.74) is 0. The normalized spacial score (nSPS) is 6.26. The summed E-state index contributed by atoms with van der Waals surface area (Å²) in [6.45, 7) is 0. The van der Waals surface area contributed by atoms with Gasteiger partial charge in [-0.15, -0.1) is 12.4 Å². The van der Waals surface area contributed by atoms with Crippen LogP contribution in [0.3, 0.4) is 0 Å². The third kappa shape index (κ3) is 29.0. The molecule has 0 aliphatic heterocycles. The first-order valence-corrected chi connectivity index (χ1v) is 6.00. The zero-order valence-corrected chi connectivity index (χ0v) is 23.6. The second-order valence-corrected chi connectivity index (χ2v) is 3.46. The van der Waals surface area contributed by atoms with Gasteiger partial charge in [-0.05, 0) is 0 Å². The fourth-order valence-corrected chi connectivity index (χ4v) is 1.15. The average molecular weight is 367 g/mol. The molecular weight excluding hydrogens is 344 g/mol. The molecular formula is C18H23ClNa4. The summed E-state index contributed by atoms with van der Waals surface area (Å²) in [6.07, 6.45) is 0. The van der Waals surface area contributed by atoms with Crippen molar-refractivity contribution in [1.29, 1.82) is 0 Å². The zero-order chi connectivity index (χ0) is 12.7. The van der Waals surface area contributed by atoms with E-state index in [1.165, 1.54) is 0 Å². The van der Waals surface area contributed by atoms with Gasteiger partial charge in [-0.2, -0.15) is 0 Å². The van der Waals surface area contributed by atoms with Gasteiger partial charge in [0.2, 0.25) is 0 Å². The van der Waals surface area contributed by atoms with E-state index in [1.807, 2.05) is 109 Å². The first kappa shape index (κ1) is 36.0. The second-order valence-electron chi connectivity index (χ2n) is 3.46. The van der Waals surface area contributed by atoms with Crippen LogP contribution in [0.15, 0.2) is 109 Å². The molecule has 0 fully saturated rings. The van der Waals surface area contributed by atoms with Crippen molar-refractivity contribution in [2.45, 2.75) is 0 Å². The number of hydrogen-bond donors (Lipinski definition) is 0. The Kier molecular flexibility index (Phi) is 49.6. The summed E-state index contributed by atoms with van der Waals surface area (Å²) < 4.78 is 0. The molecule has 0 saturated carbocycles. The molecule has 0 bridgehead atoms. The minimum Gasteiger partial charge on any atom is -1.00 e. The Balaban J connectivity index is -0.0000000220. The van der Waals surface area contributed by atoms with Gasteiger partial charge in [0.05, 0.1) is 0 Å². The van der Waals surface area contributed by atoms with Gasteiger partial charge in [0.1, 0.15) is 0 Å². The number of hydrogen-bond acceptors (Lipinski definition) is 0. The maximum atomic E-state index is 2.00. The van der Waals surface area contributed by atoms with Crippen LogP contribution in [0.4, 0.5) is 0 Å². The van der Waals surface area contributed by atoms with Crippen LogP contribution in [0, 0.1) is 0 Å². The van der Waals surface area contributed by atoms with Gasteiger partial charge in [0.25, 0.3) is 0 Å². The molecule has 3 aromatic rings. The van der Waals surface area contributed by atoms with Gasteiger partial charge < -0.3 is 5.71 Å². The van der Waals surface area contributed by atoms with Gasteiger partial charge in [0, 0.05) is 0 Å².